The first-order chi connectivity index (χ1) is 12.1. The molecule has 4 nitrogen and oxygen atoms in total. The van der Waals surface area contributed by atoms with Crippen LogP contribution in [0.4, 0.5) is 0 Å². The van der Waals surface area contributed by atoms with E-state index in [2.05, 4.69) is 24.3 Å². The Labute approximate surface area is 147 Å². The largest absolute Gasteiger partial charge is 0.481 e. The summed E-state index contributed by atoms with van der Waals surface area (Å²) in [5, 5.41) is 9.20. The van der Waals surface area contributed by atoms with Gasteiger partial charge < -0.3 is 10.0 Å². The smallest absolute Gasteiger partial charge is 0.306 e. The number of carboxylic acid groups (broad SMARTS) is 1. The number of carbonyl (C=O) groups is 2. The van der Waals surface area contributed by atoms with Crippen LogP contribution in [0, 0.1) is 11.8 Å². The lowest BCUT2D eigenvalue weighted by Gasteiger charge is -2.29. The molecule has 2 aromatic rings. The minimum atomic E-state index is -0.783. The Morgan fingerprint density at radius 1 is 0.920 bits per heavy atom. The van der Waals surface area contributed by atoms with Gasteiger partial charge in [-0.05, 0) is 41.5 Å². The number of benzene rings is 2. The number of nitrogens with zero attached hydrogens (tertiary/aromatic N) is 1. The summed E-state index contributed by atoms with van der Waals surface area (Å²) >= 11 is 0. The Kier molecular flexibility index (Phi) is 3.83. The zero-order chi connectivity index (χ0) is 17.6. The second-order valence-electron chi connectivity index (χ2n) is 7.07. The molecular formula is C21H21NO3. The normalized spacial score (nSPS) is 21.6. The van der Waals surface area contributed by atoms with Gasteiger partial charge in [0.1, 0.15) is 0 Å². The Bertz CT molecular complexity index is 799. The van der Waals surface area contributed by atoms with Gasteiger partial charge in [0, 0.05) is 13.0 Å². The fourth-order valence-corrected chi connectivity index (χ4v) is 4.39. The second kappa shape index (κ2) is 6.03. The minimum absolute atomic E-state index is 0.0558. The lowest BCUT2D eigenvalue weighted by Crippen LogP contribution is -2.35. The summed E-state index contributed by atoms with van der Waals surface area (Å²) < 4.78 is 0. The predicted molar refractivity (Wildman–Crippen MR) is 95.0 cm³/mol. The van der Waals surface area contributed by atoms with Gasteiger partial charge in [-0.2, -0.15) is 0 Å². The van der Waals surface area contributed by atoms with Gasteiger partial charge in [-0.25, -0.2) is 0 Å². The molecule has 0 radical (unpaired) electrons. The summed E-state index contributed by atoms with van der Waals surface area (Å²) in [5.41, 5.74) is 4.65. The van der Waals surface area contributed by atoms with Gasteiger partial charge in [0.05, 0.1) is 12.0 Å². The highest BCUT2D eigenvalue weighted by molar-refractivity contribution is 5.85. The molecule has 0 spiro atoms. The van der Waals surface area contributed by atoms with E-state index in [-0.39, 0.29) is 23.8 Å². The SMILES string of the molecule is CN(C(=O)[C@@H]1CC[C@H](C(=O)O)C1)C1c2ccccc2-c2ccccc21. The molecule has 0 saturated heterocycles. The number of hydrogen-bond donors (Lipinski definition) is 1. The van der Waals surface area contributed by atoms with Crippen LogP contribution in [0.1, 0.15) is 36.4 Å². The van der Waals surface area contributed by atoms with Gasteiger partial charge >= 0.3 is 5.97 Å². The van der Waals surface area contributed by atoms with Crippen LogP contribution >= 0.6 is 0 Å². The molecule has 1 amide bonds. The summed E-state index contributed by atoms with van der Waals surface area (Å²) in [7, 11) is 1.85. The molecule has 0 heterocycles. The van der Waals surface area contributed by atoms with E-state index < -0.39 is 5.97 Å². The number of amides is 1. The molecule has 1 fully saturated rings. The number of carbonyl (C=O) groups excluding carboxylic acids is 1. The topological polar surface area (TPSA) is 57.6 Å². The van der Waals surface area contributed by atoms with Crippen molar-refractivity contribution in [2.45, 2.75) is 25.3 Å². The molecule has 25 heavy (non-hydrogen) atoms. The molecule has 0 aromatic heterocycles. The lowest BCUT2D eigenvalue weighted by atomic mass is 9.99. The Balaban J connectivity index is 1.65. The third kappa shape index (κ3) is 2.53. The van der Waals surface area contributed by atoms with E-state index in [9.17, 15) is 14.7 Å². The number of rotatable bonds is 3. The summed E-state index contributed by atoms with van der Waals surface area (Å²) in [6.45, 7) is 0. The standard InChI is InChI=1S/C21H21NO3/c1-22(20(23)13-10-11-14(12-13)21(24)25)19-17-8-4-2-6-15(17)16-7-3-5-9-18(16)19/h2-9,13-14,19H,10-12H2,1H3,(H,24,25)/t13-,14+/m1/s1. The summed E-state index contributed by atoms with van der Waals surface area (Å²) in [6, 6.07) is 16.3. The van der Waals surface area contributed by atoms with Crippen molar-refractivity contribution in [3.05, 3.63) is 59.7 Å². The zero-order valence-electron chi connectivity index (χ0n) is 14.2. The van der Waals surface area contributed by atoms with Crippen LogP contribution in [0.2, 0.25) is 0 Å². The molecular weight excluding hydrogens is 314 g/mol. The number of carboxylic acids is 1. The van der Waals surface area contributed by atoms with Crippen LogP contribution in [0.5, 0.6) is 0 Å². The van der Waals surface area contributed by atoms with Crippen molar-refractivity contribution < 1.29 is 14.7 Å². The Morgan fingerprint density at radius 2 is 1.44 bits per heavy atom. The van der Waals surface area contributed by atoms with Crippen molar-refractivity contribution in [2.75, 3.05) is 7.05 Å². The molecule has 0 bridgehead atoms. The highest BCUT2D eigenvalue weighted by Crippen LogP contribution is 2.46. The van der Waals surface area contributed by atoms with E-state index in [1.807, 2.05) is 36.2 Å². The molecule has 1 saturated carbocycles. The average molecular weight is 335 g/mol. The minimum Gasteiger partial charge on any atom is -0.481 e. The summed E-state index contributed by atoms with van der Waals surface area (Å²) in [6.07, 6.45) is 1.71. The second-order valence-corrected chi connectivity index (χ2v) is 7.07. The van der Waals surface area contributed by atoms with Gasteiger partial charge in [0.15, 0.2) is 0 Å². The fourth-order valence-electron chi connectivity index (χ4n) is 4.39. The Morgan fingerprint density at radius 3 is 1.96 bits per heavy atom. The first-order valence-corrected chi connectivity index (χ1v) is 8.75. The van der Waals surface area contributed by atoms with Crippen LogP contribution in [-0.4, -0.2) is 28.9 Å². The van der Waals surface area contributed by atoms with E-state index in [4.69, 9.17) is 0 Å². The summed E-state index contributed by atoms with van der Waals surface area (Å²) in [4.78, 5) is 26.1. The monoisotopic (exact) mass is 335 g/mol. The van der Waals surface area contributed by atoms with E-state index in [1.165, 1.54) is 11.1 Å². The molecule has 2 aliphatic rings. The first kappa shape index (κ1) is 15.9. The molecule has 2 aromatic carbocycles. The number of hydrogen-bond acceptors (Lipinski definition) is 2. The van der Waals surface area contributed by atoms with Crippen LogP contribution in [0.3, 0.4) is 0 Å². The van der Waals surface area contributed by atoms with E-state index >= 15 is 0 Å². The number of aliphatic carboxylic acids is 1. The average Bonchev–Trinajstić information content (AvgIpc) is 3.24. The molecule has 2 atom stereocenters. The highest BCUT2D eigenvalue weighted by atomic mass is 16.4. The molecule has 128 valence electrons. The van der Waals surface area contributed by atoms with Gasteiger partial charge in [-0.3, -0.25) is 9.59 Å². The van der Waals surface area contributed by atoms with Crippen molar-refractivity contribution in [2.24, 2.45) is 11.8 Å². The molecule has 1 N–H and O–H groups in total. The quantitative estimate of drug-likeness (QED) is 0.930. The van der Waals surface area contributed by atoms with Gasteiger partial charge in [-0.1, -0.05) is 48.5 Å². The summed E-state index contributed by atoms with van der Waals surface area (Å²) in [5.74, 6) is -1.30. The number of fused-ring (bicyclic) bond motifs is 3. The maximum Gasteiger partial charge on any atom is 0.306 e. The third-order valence-electron chi connectivity index (χ3n) is 5.67. The molecule has 4 heteroatoms. The van der Waals surface area contributed by atoms with Crippen LogP contribution in [0.25, 0.3) is 11.1 Å². The highest BCUT2D eigenvalue weighted by Gasteiger charge is 2.39. The molecule has 2 aliphatic carbocycles. The predicted octanol–water partition coefficient (Wildman–Crippen LogP) is 3.72. The van der Waals surface area contributed by atoms with Gasteiger partial charge in [0.2, 0.25) is 5.91 Å². The van der Waals surface area contributed by atoms with Crippen molar-refractivity contribution >= 4 is 11.9 Å². The first-order valence-electron chi connectivity index (χ1n) is 8.75. The van der Waals surface area contributed by atoms with Gasteiger partial charge in [0.25, 0.3) is 0 Å². The van der Waals surface area contributed by atoms with Crippen molar-refractivity contribution in [3.8, 4) is 11.1 Å². The molecule has 0 unspecified atom stereocenters. The van der Waals surface area contributed by atoms with Crippen LogP contribution < -0.4 is 0 Å². The maximum atomic E-state index is 13.1. The Hall–Kier alpha value is -2.62. The molecule has 4 rings (SSSR count). The van der Waals surface area contributed by atoms with Crippen molar-refractivity contribution in [1.29, 1.82) is 0 Å². The van der Waals surface area contributed by atoms with Crippen LogP contribution in [-0.2, 0) is 9.59 Å². The zero-order valence-corrected chi connectivity index (χ0v) is 14.2. The van der Waals surface area contributed by atoms with E-state index in [0.717, 1.165) is 11.1 Å². The van der Waals surface area contributed by atoms with Gasteiger partial charge in [-0.15, -0.1) is 0 Å². The van der Waals surface area contributed by atoms with Crippen molar-refractivity contribution in [3.63, 3.8) is 0 Å². The maximum absolute atomic E-state index is 13.1. The molecule has 0 aliphatic heterocycles. The van der Waals surface area contributed by atoms with Crippen molar-refractivity contribution in [1.82, 2.24) is 4.90 Å². The van der Waals surface area contributed by atoms with Crippen LogP contribution in [0.15, 0.2) is 48.5 Å². The fraction of sp³-hybridized carbons (Fsp3) is 0.333. The third-order valence-corrected chi connectivity index (χ3v) is 5.67. The van der Waals surface area contributed by atoms with E-state index in [0.29, 0.717) is 19.3 Å². The van der Waals surface area contributed by atoms with E-state index in [1.54, 1.807) is 0 Å². The lowest BCUT2D eigenvalue weighted by molar-refractivity contribution is -0.141.